The maximum absolute atomic E-state index is 11.0. The molecule has 1 atom stereocenters. The molecule has 0 saturated heterocycles. The number of aliphatic carboxylic acids is 1. The van der Waals surface area contributed by atoms with Crippen LogP contribution in [0, 0.1) is 10.1 Å². The topological polar surface area (TPSA) is 110 Å². The van der Waals surface area contributed by atoms with E-state index < -0.39 is 16.9 Å². The highest BCUT2D eigenvalue weighted by molar-refractivity contribution is 7.15. The lowest BCUT2D eigenvalue weighted by Crippen LogP contribution is -2.20. The molecule has 0 fully saturated rings. The number of nitrogens with zero attached hydrogens (tertiary/aromatic N) is 3. The molecule has 2 heterocycles. The fourth-order valence-electron chi connectivity index (χ4n) is 1.59. The Morgan fingerprint density at radius 1 is 1.78 bits per heavy atom. The largest absolute Gasteiger partial charge is 0.481 e. The second-order valence-electron chi connectivity index (χ2n) is 3.74. The first-order valence-corrected chi connectivity index (χ1v) is 5.95. The average molecular weight is 270 g/mol. The number of thiazole rings is 1. The molecule has 0 aromatic carbocycles. The van der Waals surface area contributed by atoms with Gasteiger partial charge in [-0.1, -0.05) is 11.3 Å². The van der Waals surface area contributed by atoms with Crippen molar-refractivity contribution in [1.82, 2.24) is 9.38 Å². The third kappa shape index (κ3) is 2.25. The van der Waals surface area contributed by atoms with E-state index in [0.717, 1.165) is 0 Å². The Bertz CT molecular complexity index is 605. The van der Waals surface area contributed by atoms with E-state index in [0.29, 0.717) is 4.96 Å². The zero-order valence-electron chi connectivity index (χ0n) is 9.36. The third-order valence-electron chi connectivity index (χ3n) is 2.27. The zero-order valence-corrected chi connectivity index (χ0v) is 10.2. The van der Waals surface area contributed by atoms with E-state index in [4.69, 9.17) is 5.11 Å². The van der Waals surface area contributed by atoms with Crippen LogP contribution in [0.3, 0.4) is 0 Å². The second kappa shape index (κ2) is 4.61. The molecule has 2 aromatic rings. The van der Waals surface area contributed by atoms with Gasteiger partial charge in [0.2, 0.25) is 5.82 Å². The van der Waals surface area contributed by atoms with E-state index in [-0.39, 0.29) is 18.1 Å². The van der Waals surface area contributed by atoms with Gasteiger partial charge in [0.1, 0.15) is 6.20 Å². The number of fused-ring (bicyclic) bond motifs is 1. The Balaban J connectivity index is 2.32. The summed E-state index contributed by atoms with van der Waals surface area (Å²) in [5, 5.41) is 24.1. The van der Waals surface area contributed by atoms with Crippen LogP contribution >= 0.6 is 11.3 Å². The lowest BCUT2D eigenvalue weighted by atomic mass is 10.2. The van der Waals surface area contributed by atoms with Crippen LogP contribution in [0.2, 0.25) is 0 Å². The number of carboxylic acid groups (broad SMARTS) is 1. The van der Waals surface area contributed by atoms with Crippen molar-refractivity contribution in [1.29, 1.82) is 0 Å². The first-order chi connectivity index (χ1) is 8.49. The Morgan fingerprint density at radius 2 is 2.50 bits per heavy atom. The summed E-state index contributed by atoms with van der Waals surface area (Å²) in [7, 11) is 0. The third-order valence-corrected chi connectivity index (χ3v) is 3.03. The van der Waals surface area contributed by atoms with Gasteiger partial charge in [0.25, 0.3) is 4.96 Å². The Hall–Kier alpha value is -2.16. The highest BCUT2D eigenvalue weighted by atomic mass is 32.1. The van der Waals surface area contributed by atoms with Gasteiger partial charge in [0, 0.05) is 11.4 Å². The van der Waals surface area contributed by atoms with Gasteiger partial charge in [0.05, 0.1) is 6.42 Å². The molecule has 0 aliphatic rings. The van der Waals surface area contributed by atoms with Crippen molar-refractivity contribution in [2.24, 2.45) is 0 Å². The molecule has 0 bridgehead atoms. The summed E-state index contributed by atoms with van der Waals surface area (Å²) in [6.45, 7) is 1.63. The molecule has 0 aliphatic carbocycles. The van der Waals surface area contributed by atoms with E-state index >= 15 is 0 Å². The maximum atomic E-state index is 11.0. The van der Waals surface area contributed by atoms with Crippen LogP contribution in [0.4, 0.5) is 11.6 Å². The van der Waals surface area contributed by atoms with Gasteiger partial charge < -0.3 is 20.5 Å². The van der Waals surface area contributed by atoms with Crippen molar-refractivity contribution in [3.63, 3.8) is 0 Å². The van der Waals surface area contributed by atoms with Crippen molar-refractivity contribution in [2.75, 3.05) is 5.32 Å². The second-order valence-corrected chi connectivity index (χ2v) is 4.61. The number of hydrogen-bond donors (Lipinski definition) is 2. The normalized spacial score (nSPS) is 12.5. The van der Waals surface area contributed by atoms with Crippen molar-refractivity contribution in [3.05, 3.63) is 21.7 Å². The lowest BCUT2D eigenvalue weighted by Gasteiger charge is -2.09. The van der Waals surface area contributed by atoms with Crippen LogP contribution in [-0.2, 0) is 4.79 Å². The van der Waals surface area contributed by atoms with Crippen LogP contribution in [-0.4, -0.2) is 31.4 Å². The number of hydrogen-bond acceptors (Lipinski definition) is 6. The molecule has 1 unspecified atom stereocenters. The van der Waals surface area contributed by atoms with E-state index in [9.17, 15) is 14.9 Å². The fraction of sp³-hybridized carbons (Fsp3) is 0.333. The number of carbonyl (C=O) groups is 1. The van der Waals surface area contributed by atoms with E-state index in [1.807, 2.05) is 0 Å². The monoisotopic (exact) mass is 270 g/mol. The summed E-state index contributed by atoms with van der Waals surface area (Å²) in [5.41, 5.74) is 0. The Kier molecular flexibility index (Phi) is 3.15. The molecule has 96 valence electrons. The molecule has 0 amide bonds. The predicted molar refractivity (Wildman–Crippen MR) is 65.1 cm³/mol. The smallest absolute Gasteiger partial charge is 0.372 e. The van der Waals surface area contributed by atoms with Crippen molar-refractivity contribution in [3.8, 4) is 0 Å². The molecule has 2 aromatic heterocycles. The molecule has 0 spiro atoms. The van der Waals surface area contributed by atoms with Crippen LogP contribution in [0.15, 0.2) is 11.6 Å². The number of nitro groups is 1. The molecular weight excluding hydrogens is 260 g/mol. The molecular formula is C9H10N4O4S. The van der Waals surface area contributed by atoms with Gasteiger partial charge in [-0.15, -0.1) is 0 Å². The summed E-state index contributed by atoms with van der Waals surface area (Å²) in [4.78, 5) is 25.6. The first kappa shape index (κ1) is 12.3. The minimum absolute atomic E-state index is 0.0978. The first-order valence-electron chi connectivity index (χ1n) is 5.07. The van der Waals surface area contributed by atoms with Crippen molar-refractivity contribution >= 4 is 33.9 Å². The molecule has 2 N–H and O–H groups in total. The maximum Gasteiger partial charge on any atom is 0.372 e. The number of nitrogens with one attached hydrogen (secondary N) is 1. The number of aromatic nitrogens is 2. The molecule has 18 heavy (non-hydrogen) atoms. The number of carboxylic acids is 1. The van der Waals surface area contributed by atoms with Crippen LogP contribution in [0.25, 0.3) is 4.96 Å². The molecule has 9 heteroatoms. The van der Waals surface area contributed by atoms with Gasteiger partial charge in [-0.25, -0.2) is 0 Å². The van der Waals surface area contributed by atoms with Gasteiger partial charge >= 0.3 is 11.8 Å². The lowest BCUT2D eigenvalue weighted by molar-refractivity contribution is -0.389. The minimum Gasteiger partial charge on any atom is -0.481 e. The van der Waals surface area contributed by atoms with Gasteiger partial charge in [-0.3, -0.25) is 4.79 Å². The highest BCUT2D eigenvalue weighted by Crippen LogP contribution is 2.28. The average Bonchev–Trinajstić information content (AvgIpc) is 2.74. The number of imidazole rings is 1. The van der Waals surface area contributed by atoms with E-state index in [1.165, 1.54) is 15.7 Å². The summed E-state index contributed by atoms with van der Waals surface area (Å²) < 4.78 is 1.36. The number of anilines is 1. The van der Waals surface area contributed by atoms with E-state index in [1.54, 1.807) is 18.5 Å². The summed E-state index contributed by atoms with van der Waals surface area (Å²) in [5.74, 6) is -1.05. The fourth-order valence-corrected chi connectivity index (χ4v) is 2.30. The molecule has 2 rings (SSSR count). The van der Waals surface area contributed by atoms with E-state index in [2.05, 4.69) is 10.3 Å². The summed E-state index contributed by atoms with van der Waals surface area (Å²) >= 11 is 1.27. The molecule has 0 aliphatic heterocycles. The minimum atomic E-state index is -0.973. The molecule has 0 saturated carbocycles. The zero-order chi connectivity index (χ0) is 13.3. The summed E-state index contributed by atoms with van der Waals surface area (Å²) in [6.07, 6.45) is 1.42. The SMILES string of the molecule is CC(CC(=O)O)Nc1nc2sccn2c1[N+](=O)[O-]. The highest BCUT2D eigenvalue weighted by Gasteiger charge is 2.24. The summed E-state index contributed by atoms with van der Waals surface area (Å²) in [6, 6.07) is -0.439. The van der Waals surface area contributed by atoms with Gasteiger partial charge in [-0.05, 0) is 11.8 Å². The molecule has 8 nitrogen and oxygen atoms in total. The standard InChI is InChI=1S/C9H10N4O4S/c1-5(4-6(14)15)10-7-8(13(16)17)12-2-3-18-9(12)11-7/h2-3,5,10H,4H2,1H3,(H,14,15). The Morgan fingerprint density at radius 3 is 3.11 bits per heavy atom. The quantitative estimate of drug-likeness (QED) is 0.630. The Labute approximate surface area is 105 Å². The number of rotatable bonds is 5. The van der Waals surface area contributed by atoms with Crippen LogP contribution in [0.5, 0.6) is 0 Å². The van der Waals surface area contributed by atoms with Gasteiger partial charge in [-0.2, -0.15) is 9.38 Å². The van der Waals surface area contributed by atoms with Crippen LogP contribution in [0.1, 0.15) is 13.3 Å². The van der Waals surface area contributed by atoms with Gasteiger partial charge in [0.15, 0.2) is 0 Å². The van der Waals surface area contributed by atoms with Crippen molar-refractivity contribution < 1.29 is 14.8 Å². The molecule has 0 radical (unpaired) electrons. The predicted octanol–water partition coefficient (Wildman–Crippen LogP) is 1.58. The van der Waals surface area contributed by atoms with Crippen LogP contribution < -0.4 is 5.32 Å². The van der Waals surface area contributed by atoms with Crippen molar-refractivity contribution in [2.45, 2.75) is 19.4 Å².